The molecule has 0 unspecified atom stereocenters. The lowest BCUT2D eigenvalue weighted by Gasteiger charge is -2.14. The lowest BCUT2D eigenvalue weighted by atomic mass is 10.1. The minimum absolute atomic E-state index is 0.153. The number of thiocarbonyl (C=S) groups is 1. The summed E-state index contributed by atoms with van der Waals surface area (Å²) in [6.07, 6.45) is 1.78. The van der Waals surface area contributed by atoms with E-state index in [2.05, 4.69) is 6.07 Å². The Kier molecular flexibility index (Phi) is 4.65. The largest absolute Gasteiger partial charge is 0.497 e. The number of nitriles is 1. The third kappa shape index (κ3) is 3.18. The van der Waals surface area contributed by atoms with Gasteiger partial charge in [-0.3, -0.25) is 9.69 Å². The molecular formula is C18H12N2O2S2. The molecule has 0 aromatic heterocycles. The molecule has 1 aliphatic rings. The Morgan fingerprint density at radius 3 is 2.42 bits per heavy atom. The van der Waals surface area contributed by atoms with Crippen molar-refractivity contribution >= 4 is 46.0 Å². The van der Waals surface area contributed by atoms with Gasteiger partial charge < -0.3 is 4.74 Å². The van der Waals surface area contributed by atoms with E-state index >= 15 is 0 Å². The van der Waals surface area contributed by atoms with Crippen LogP contribution in [0.1, 0.15) is 11.1 Å². The van der Waals surface area contributed by atoms with Crippen LogP contribution in [-0.4, -0.2) is 17.3 Å². The zero-order chi connectivity index (χ0) is 17.1. The Labute approximate surface area is 149 Å². The number of nitrogens with zero attached hydrogens (tertiary/aromatic N) is 2. The van der Waals surface area contributed by atoms with E-state index in [1.165, 1.54) is 16.7 Å². The number of amides is 1. The van der Waals surface area contributed by atoms with Crippen LogP contribution in [0, 0.1) is 11.3 Å². The van der Waals surface area contributed by atoms with Crippen LogP contribution in [0.15, 0.2) is 53.4 Å². The Morgan fingerprint density at radius 2 is 1.83 bits per heavy atom. The summed E-state index contributed by atoms with van der Waals surface area (Å²) in [6, 6.07) is 16.3. The lowest BCUT2D eigenvalue weighted by Crippen LogP contribution is -2.27. The van der Waals surface area contributed by atoms with Crippen LogP contribution in [0.4, 0.5) is 5.69 Å². The Hall–Kier alpha value is -2.62. The highest BCUT2D eigenvalue weighted by Gasteiger charge is 2.33. The Morgan fingerprint density at radius 1 is 1.17 bits per heavy atom. The van der Waals surface area contributed by atoms with E-state index in [0.717, 1.165) is 11.3 Å². The lowest BCUT2D eigenvalue weighted by molar-refractivity contribution is -0.113. The summed E-state index contributed by atoms with van der Waals surface area (Å²) in [5.74, 6) is 0.567. The second kappa shape index (κ2) is 6.87. The third-order valence-electron chi connectivity index (χ3n) is 3.46. The van der Waals surface area contributed by atoms with Crippen molar-refractivity contribution in [2.24, 2.45) is 0 Å². The van der Waals surface area contributed by atoms with Crippen molar-refractivity contribution in [1.29, 1.82) is 5.26 Å². The van der Waals surface area contributed by atoms with Crippen molar-refractivity contribution in [3.63, 3.8) is 0 Å². The van der Waals surface area contributed by atoms with Gasteiger partial charge in [-0.2, -0.15) is 5.26 Å². The molecule has 4 nitrogen and oxygen atoms in total. The van der Waals surface area contributed by atoms with Gasteiger partial charge in [-0.1, -0.05) is 36.1 Å². The van der Waals surface area contributed by atoms with Gasteiger partial charge in [0.15, 0.2) is 4.32 Å². The molecule has 1 saturated heterocycles. The maximum atomic E-state index is 12.7. The van der Waals surface area contributed by atoms with Gasteiger partial charge >= 0.3 is 0 Å². The van der Waals surface area contributed by atoms with Gasteiger partial charge in [0.25, 0.3) is 5.91 Å². The number of carbonyl (C=O) groups excluding carboxylic acids is 1. The molecule has 0 atom stereocenters. The molecule has 1 aliphatic heterocycles. The summed E-state index contributed by atoms with van der Waals surface area (Å²) in [7, 11) is 1.59. The number of methoxy groups -OCH3 is 1. The van der Waals surface area contributed by atoms with Crippen molar-refractivity contribution in [1.82, 2.24) is 0 Å². The maximum Gasteiger partial charge on any atom is 0.270 e. The number of rotatable bonds is 3. The summed E-state index contributed by atoms with van der Waals surface area (Å²) in [4.78, 5) is 14.7. The summed E-state index contributed by atoms with van der Waals surface area (Å²) < 4.78 is 5.62. The number of hydrogen-bond acceptors (Lipinski definition) is 5. The predicted molar refractivity (Wildman–Crippen MR) is 99.8 cm³/mol. The summed E-state index contributed by atoms with van der Waals surface area (Å²) in [6.45, 7) is 0. The maximum absolute atomic E-state index is 12.7. The highest BCUT2D eigenvalue weighted by Crippen LogP contribution is 2.36. The number of thioether (sulfide) groups is 1. The van der Waals surface area contributed by atoms with Crippen molar-refractivity contribution in [2.45, 2.75) is 0 Å². The van der Waals surface area contributed by atoms with Crippen LogP contribution >= 0.6 is 24.0 Å². The van der Waals surface area contributed by atoms with Gasteiger partial charge in [0.2, 0.25) is 0 Å². The monoisotopic (exact) mass is 352 g/mol. The van der Waals surface area contributed by atoms with Crippen LogP contribution in [0.5, 0.6) is 5.75 Å². The van der Waals surface area contributed by atoms with Crippen molar-refractivity contribution in [2.75, 3.05) is 12.0 Å². The molecule has 1 fully saturated rings. The first kappa shape index (κ1) is 16.2. The standard InChI is InChI=1S/C18H12N2O2S2/c1-22-15-8-6-14(7-9-15)20-17(21)16(24-18(20)23)10-12-2-4-13(11-19)5-3-12/h2-10H,1H3/b16-10-. The zero-order valence-corrected chi connectivity index (χ0v) is 14.4. The van der Waals surface area contributed by atoms with E-state index in [9.17, 15) is 4.79 Å². The van der Waals surface area contributed by atoms with E-state index < -0.39 is 0 Å². The molecule has 2 aromatic rings. The highest BCUT2D eigenvalue weighted by atomic mass is 32.2. The molecule has 0 saturated carbocycles. The van der Waals surface area contributed by atoms with Gasteiger partial charge in [-0.25, -0.2) is 0 Å². The highest BCUT2D eigenvalue weighted by molar-refractivity contribution is 8.27. The third-order valence-corrected chi connectivity index (χ3v) is 4.76. The number of ether oxygens (including phenoxy) is 1. The summed E-state index contributed by atoms with van der Waals surface area (Å²) >= 11 is 6.61. The van der Waals surface area contributed by atoms with E-state index in [-0.39, 0.29) is 5.91 Å². The smallest absolute Gasteiger partial charge is 0.270 e. The topological polar surface area (TPSA) is 53.3 Å². The second-order valence-electron chi connectivity index (χ2n) is 4.95. The minimum atomic E-state index is -0.153. The molecule has 1 amide bonds. The molecule has 0 spiro atoms. The molecule has 2 aromatic carbocycles. The number of benzene rings is 2. The van der Waals surface area contributed by atoms with Gasteiger partial charge in [-0.15, -0.1) is 0 Å². The number of anilines is 1. The molecule has 0 N–H and O–H groups in total. The number of carbonyl (C=O) groups is 1. The first-order valence-electron chi connectivity index (χ1n) is 7.04. The SMILES string of the molecule is COc1ccc(N2C(=O)/C(=C/c3ccc(C#N)cc3)SC2=S)cc1. The van der Waals surface area contributed by atoms with Crippen molar-refractivity contribution < 1.29 is 9.53 Å². The van der Waals surface area contributed by atoms with E-state index in [1.807, 2.05) is 0 Å². The fourth-order valence-electron chi connectivity index (χ4n) is 2.23. The minimum Gasteiger partial charge on any atom is -0.497 e. The van der Waals surface area contributed by atoms with Gasteiger partial charge in [0.05, 0.1) is 29.3 Å². The number of hydrogen-bond donors (Lipinski definition) is 0. The molecule has 0 aliphatic carbocycles. The summed E-state index contributed by atoms with van der Waals surface area (Å²) in [5.41, 5.74) is 2.14. The molecule has 118 valence electrons. The van der Waals surface area contributed by atoms with Crippen LogP contribution < -0.4 is 9.64 Å². The van der Waals surface area contributed by atoms with Crippen molar-refractivity contribution in [3.05, 3.63) is 64.6 Å². The quantitative estimate of drug-likeness (QED) is 0.618. The van der Waals surface area contributed by atoms with Crippen LogP contribution in [0.25, 0.3) is 6.08 Å². The van der Waals surface area contributed by atoms with Crippen LogP contribution in [-0.2, 0) is 4.79 Å². The first-order valence-corrected chi connectivity index (χ1v) is 8.27. The molecule has 6 heteroatoms. The zero-order valence-electron chi connectivity index (χ0n) is 12.7. The molecule has 3 rings (SSSR count). The van der Waals surface area contributed by atoms with Gasteiger partial charge in [0, 0.05) is 0 Å². The molecule has 24 heavy (non-hydrogen) atoms. The van der Waals surface area contributed by atoms with E-state index in [0.29, 0.717) is 20.5 Å². The van der Waals surface area contributed by atoms with Gasteiger partial charge in [0.1, 0.15) is 5.75 Å². The first-order chi connectivity index (χ1) is 11.6. The van der Waals surface area contributed by atoms with Crippen LogP contribution in [0.2, 0.25) is 0 Å². The summed E-state index contributed by atoms with van der Waals surface area (Å²) in [5, 5.41) is 8.83. The molecule has 0 bridgehead atoms. The molecular weight excluding hydrogens is 340 g/mol. The fourth-order valence-corrected chi connectivity index (χ4v) is 3.53. The van der Waals surface area contributed by atoms with E-state index in [1.54, 1.807) is 61.7 Å². The van der Waals surface area contributed by atoms with Gasteiger partial charge in [-0.05, 0) is 48.0 Å². The molecule has 1 heterocycles. The Balaban J connectivity index is 1.87. The molecule has 0 radical (unpaired) electrons. The predicted octanol–water partition coefficient (Wildman–Crippen LogP) is 3.97. The fraction of sp³-hybridized carbons (Fsp3) is 0.0556. The normalized spacial score (nSPS) is 15.7. The average molecular weight is 352 g/mol. The Bertz CT molecular complexity index is 865. The average Bonchev–Trinajstić information content (AvgIpc) is 2.89. The van der Waals surface area contributed by atoms with E-state index in [4.69, 9.17) is 22.2 Å². The van der Waals surface area contributed by atoms with Crippen molar-refractivity contribution in [3.8, 4) is 11.8 Å². The van der Waals surface area contributed by atoms with Crippen LogP contribution in [0.3, 0.4) is 0 Å². The second-order valence-corrected chi connectivity index (χ2v) is 6.62.